The molecule has 2 bridgehead atoms. The highest BCUT2D eigenvalue weighted by Crippen LogP contribution is 2.45. The summed E-state index contributed by atoms with van der Waals surface area (Å²) in [6.07, 6.45) is 6.34. The molecule has 0 radical (unpaired) electrons. The molecule has 2 aliphatic carbocycles. The van der Waals surface area contributed by atoms with Crippen LogP contribution in [0.3, 0.4) is 0 Å². The van der Waals surface area contributed by atoms with Crippen LogP contribution in [-0.2, 0) is 17.6 Å². The van der Waals surface area contributed by atoms with Gasteiger partial charge in [-0.25, -0.2) is 4.79 Å². The highest BCUT2D eigenvalue weighted by atomic mass is 16.6. The number of rotatable bonds is 4. The number of ketones is 1. The molecule has 2 atom stereocenters. The molecule has 2 unspecified atom stereocenters. The van der Waals surface area contributed by atoms with Crippen molar-refractivity contribution in [3.63, 3.8) is 0 Å². The Labute approximate surface area is 235 Å². The van der Waals surface area contributed by atoms with Crippen molar-refractivity contribution < 1.29 is 14.3 Å². The number of aryl methyl sites for hydroxylation is 2. The molecule has 0 spiro atoms. The number of benzene rings is 4. The number of nitrogens with zero attached hydrogens (tertiary/aromatic N) is 1. The number of hydrogen-bond acceptors (Lipinski definition) is 3. The number of amides is 1. The Bertz CT molecular complexity index is 1600. The first-order chi connectivity index (χ1) is 19.7. The predicted molar refractivity (Wildman–Crippen MR) is 157 cm³/mol. The summed E-state index contributed by atoms with van der Waals surface area (Å²) in [5.74, 6) is 0.255. The average molecular weight is 528 g/mol. The first kappa shape index (κ1) is 23.9. The maximum Gasteiger partial charge on any atom is 0.410 e. The minimum Gasteiger partial charge on any atom is -0.448 e. The molecule has 4 aromatic rings. The van der Waals surface area contributed by atoms with Gasteiger partial charge in [0.15, 0.2) is 5.78 Å². The molecule has 4 aromatic carbocycles. The van der Waals surface area contributed by atoms with E-state index in [-0.39, 0.29) is 35.8 Å². The van der Waals surface area contributed by atoms with E-state index in [0.717, 1.165) is 55.9 Å². The van der Waals surface area contributed by atoms with Crippen molar-refractivity contribution in [3.8, 4) is 11.1 Å². The highest BCUT2D eigenvalue weighted by molar-refractivity contribution is 6.11. The van der Waals surface area contributed by atoms with E-state index in [0.29, 0.717) is 6.61 Å². The van der Waals surface area contributed by atoms with Crippen LogP contribution in [0.5, 0.6) is 0 Å². The van der Waals surface area contributed by atoms with E-state index in [1.165, 1.54) is 38.8 Å². The zero-order chi connectivity index (χ0) is 26.8. The number of carbonyl (C=O) groups is 2. The second-order valence-electron chi connectivity index (χ2n) is 12.1. The van der Waals surface area contributed by atoms with Crippen LogP contribution in [-0.4, -0.2) is 35.5 Å². The maximum atomic E-state index is 14.0. The number of fused-ring (bicyclic) bond motifs is 5. The van der Waals surface area contributed by atoms with Crippen molar-refractivity contribution in [3.05, 3.63) is 107 Å². The Morgan fingerprint density at radius 2 is 1.40 bits per heavy atom. The second-order valence-corrected chi connectivity index (χ2v) is 12.1. The Morgan fingerprint density at radius 3 is 2.10 bits per heavy atom. The van der Waals surface area contributed by atoms with E-state index in [2.05, 4.69) is 78.9 Å². The Balaban J connectivity index is 1.01. The summed E-state index contributed by atoms with van der Waals surface area (Å²) in [5.41, 5.74) is 8.52. The third-order valence-electron chi connectivity index (χ3n) is 10.0. The van der Waals surface area contributed by atoms with Crippen LogP contribution in [0.1, 0.15) is 70.6 Å². The topological polar surface area (TPSA) is 46.6 Å². The Hall–Kier alpha value is -3.92. The van der Waals surface area contributed by atoms with Crippen LogP contribution in [0.2, 0.25) is 0 Å². The fourth-order valence-corrected chi connectivity index (χ4v) is 8.24. The van der Waals surface area contributed by atoms with E-state index in [1.807, 2.05) is 4.90 Å². The van der Waals surface area contributed by atoms with Crippen LogP contribution in [0.25, 0.3) is 21.9 Å². The monoisotopic (exact) mass is 527 g/mol. The molecule has 40 heavy (non-hydrogen) atoms. The molecular formula is C36H33NO3. The molecule has 0 saturated carbocycles. The van der Waals surface area contributed by atoms with Gasteiger partial charge in [-0.15, -0.1) is 0 Å². The second kappa shape index (κ2) is 9.33. The van der Waals surface area contributed by atoms with Gasteiger partial charge in [0.25, 0.3) is 0 Å². The molecule has 1 amide bonds. The highest BCUT2D eigenvalue weighted by Gasteiger charge is 2.44. The zero-order valence-electron chi connectivity index (χ0n) is 22.6. The predicted octanol–water partition coefficient (Wildman–Crippen LogP) is 7.70. The molecule has 4 aliphatic rings. The number of carbonyl (C=O) groups excluding carboxylic acids is 2. The van der Waals surface area contributed by atoms with Crippen molar-refractivity contribution in [2.24, 2.45) is 5.92 Å². The fraction of sp³-hybridized carbons (Fsp3) is 0.333. The van der Waals surface area contributed by atoms with Crippen LogP contribution in [0.4, 0.5) is 4.79 Å². The molecule has 0 aromatic heterocycles. The number of piperidine rings is 2. The molecular weight excluding hydrogens is 494 g/mol. The van der Waals surface area contributed by atoms with E-state index in [1.54, 1.807) is 0 Å². The molecule has 2 fully saturated rings. The summed E-state index contributed by atoms with van der Waals surface area (Å²) in [6, 6.07) is 27.6. The van der Waals surface area contributed by atoms with E-state index in [9.17, 15) is 9.59 Å². The van der Waals surface area contributed by atoms with Crippen LogP contribution in [0.15, 0.2) is 78.9 Å². The van der Waals surface area contributed by atoms with Crippen LogP contribution in [0, 0.1) is 5.92 Å². The molecule has 2 aliphatic heterocycles. The van der Waals surface area contributed by atoms with Gasteiger partial charge < -0.3 is 9.64 Å². The van der Waals surface area contributed by atoms with Gasteiger partial charge in [-0.05, 0) is 89.1 Å². The molecule has 2 saturated heterocycles. The van der Waals surface area contributed by atoms with Gasteiger partial charge in [0.2, 0.25) is 0 Å². The van der Waals surface area contributed by atoms with Crippen molar-refractivity contribution >= 4 is 22.6 Å². The van der Waals surface area contributed by atoms with Gasteiger partial charge in [-0.1, -0.05) is 78.9 Å². The average Bonchev–Trinajstić information content (AvgIpc) is 3.55. The summed E-state index contributed by atoms with van der Waals surface area (Å²) in [5, 5.41) is 2.41. The number of hydrogen-bond donors (Lipinski definition) is 0. The summed E-state index contributed by atoms with van der Waals surface area (Å²) >= 11 is 0. The van der Waals surface area contributed by atoms with Crippen molar-refractivity contribution in [1.29, 1.82) is 0 Å². The van der Waals surface area contributed by atoms with Crippen molar-refractivity contribution in [2.75, 3.05) is 6.61 Å². The van der Waals surface area contributed by atoms with Gasteiger partial charge in [0, 0.05) is 29.5 Å². The Kier molecular flexibility index (Phi) is 5.58. The minimum absolute atomic E-state index is 0.0496. The number of Topliss-reactive ketones (excluding diaryl/α,β-unsaturated/α-hetero) is 1. The normalized spacial score (nSPS) is 22.7. The third kappa shape index (κ3) is 3.65. The van der Waals surface area contributed by atoms with Gasteiger partial charge in [0.05, 0.1) is 0 Å². The lowest BCUT2D eigenvalue weighted by molar-refractivity contribution is 0.00654. The summed E-state index contributed by atoms with van der Waals surface area (Å²) < 4.78 is 6.09. The zero-order valence-corrected chi connectivity index (χ0v) is 22.6. The molecule has 200 valence electrons. The maximum absolute atomic E-state index is 14.0. The lowest BCUT2D eigenvalue weighted by Gasteiger charge is -2.47. The lowest BCUT2D eigenvalue weighted by Crippen LogP contribution is -2.55. The summed E-state index contributed by atoms with van der Waals surface area (Å²) in [6.45, 7) is 0.339. The molecule has 8 rings (SSSR count). The largest absolute Gasteiger partial charge is 0.448 e. The quantitative estimate of drug-likeness (QED) is 0.256. The molecule has 4 heteroatoms. The van der Waals surface area contributed by atoms with Gasteiger partial charge >= 0.3 is 6.09 Å². The van der Waals surface area contributed by atoms with Gasteiger partial charge in [-0.3, -0.25) is 4.79 Å². The molecule has 4 nitrogen and oxygen atoms in total. The van der Waals surface area contributed by atoms with Crippen molar-refractivity contribution in [1.82, 2.24) is 4.90 Å². The molecule has 0 N–H and O–H groups in total. The summed E-state index contributed by atoms with van der Waals surface area (Å²) in [4.78, 5) is 29.6. The smallest absolute Gasteiger partial charge is 0.410 e. The van der Waals surface area contributed by atoms with E-state index in [4.69, 9.17) is 4.74 Å². The SMILES string of the molecule is O=C(c1ccc2c3c(cccc13)CC2)C1CC2CCCC(C1)N2C(=O)OCC1c2ccccc2-c2ccccc21. The van der Waals surface area contributed by atoms with Crippen LogP contribution >= 0.6 is 0 Å². The first-order valence-corrected chi connectivity index (χ1v) is 14.9. The minimum atomic E-state index is -0.215. The standard InChI is InChI=1S/C36H33NO3/c38-35(32-18-17-23-16-15-22-7-5-14-31(32)34(22)23)24-19-25-8-6-9-26(20-24)37(25)36(39)40-21-33-29-12-3-1-10-27(29)28-11-2-4-13-30(28)33/h1-5,7,10-14,17-18,24-26,33H,6,8-9,15-16,19-21H2. The van der Waals surface area contributed by atoms with Gasteiger partial charge in [0.1, 0.15) is 6.61 Å². The van der Waals surface area contributed by atoms with Crippen molar-refractivity contribution in [2.45, 2.75) is 62.9 Å². The summed E-state index contributed by atoms with van der Waals surface area (Å²) in [7, 11) is 0. The molecule has 2 heterocycles. The van der Waals surface area contributed by atoms with Gasteiger partial charge in [-0.2, -0.15) is 0 Å². The van der Waals surface area contributed by atoms with E-state index >= 15 is 0 Å². The number of ether oxygens (including phenoxy) is 1. The van der Waals surface area contributed by atoms with Crippen LogP contribution < -0.4 is 0 Å². The first-order valence-electron chi connectivity index (χ1n) is 14.9. The Morgan fingerprint density at radius 1 is 0.750 bits per heavy atom. The van der Waals surface area contributed by atoms with E-state index < -0.39 is 0 Å². The lowest BCUT2D eigenvalue weighted by atomic mass is 9.75. The third-order valence-corrected chi connectivity index (χ3v) is 10.0. The fourth-order valence-electron chi connectivity index (χ4n) is 8.24.